The van der Waals surface area contributed by atoms with Crippen LogP contribution in [0.15, 0.2) is 23.4 Å². The average molecular weight is 270 g/mol. The summed E-state index contributed by atoms with van der Waals surface area (Å²) in [6.07, 6.45) is 3.38. The second-order valence-electron chi connectivity index (χ2n) is 4.98. The van der Waals surface area contributed by atoms with Crippen molar-refractivity contribution < 1.29 is 4.84 Å². The Morgan fingerprint density at radius 1 is 1.29 bits per heavy atom. The van der Waals surface area contributed by atoms with Crippen LogP contribution in [0.3, 0.4) is 0 Å². The van der Waals surface area contributed by atoms with Crippen LogP contribution in [0.1, 0.15) is 31.7 Å². The van der Waals surface area contributed by atoms with Gasteiger partial charge in [-0.2, -0.15) is 0 Å². The van der Waals surface area contributed by atoms with Gasteiger partial charge in [-0.15, -0.1) is 0 Å². The molecule has 2 atom stereocenters. The maximum Gasteiger partial charge on any atom is 0.143 e. The minimum atomic E-state index is -0.121. The molecule has 1 aromatic rings. The third-order valence-corrected chi connectivity index (χ3v) is 4.18. The summed E-state index contributed by atoms with van der Waals surface area (Å²) in [5, 5.41) is 5.52. The zero-order valence-corrected chi connectivity index (χ0v) is 11.1. The summed E-state index contributed by atoms with van der Waals surface area (Å²) in [6, 6.07) is 5.54. The molecule has 4 heteroatoms. The topological polar surface area (TPSA) is 21.6 Å². The summed E-state index contributed by atoms with van der Waals surface area (Å²) in [5.74, 6) is 0.372. The molecule has 1 saturated carbocycles. The third-order valence-electron chi connectivity index (χ3n) is 3.74. The van der Waals surface area contributed by atoms with E-state index in [4.69, 9.17) is 28.0 Å². The van der Waals surface area contributed by atoms with Gasteiger partial charge in [0.1, 0.15) is 5.60 Å². The lowest BCUT2D eigenvalue weighted by Gasteiger charge is -2.21. The van der Waals surface area contributed by atoms with Crippen LogP contribution in [0.4, 0.5) is 0 Å². The van der Waals surface area contributed by atoms with Gasteiger partial charge in [0, 0.05) is 21.5 Å². The molecular formula is C13H13Cl2NO. The summed E-state index contributed by atoms with van der Waals surface area (Å²) in [4.78, 5) is 5.61. The van der Waals surface area contributed by atoms with E-state index in [-0.39, 0.29) is 5.60 Å². The van der Waals surface area contributed by atoms with Crippen molar-refractivity contribution in [3.05, 3.63) is 33.8 Å². The molecule has 90 valence electrons. The molecule has 0 N–H and O–H groups in total. The van der Waals surface area contributed by atoms with Crippen molar-refractivity contribution in [3.8, 4) is 0 Å². The van der Waals surface area contributed by atoms with Crippen molar-refractivity contribution >= 4 is 28.9 Å². The number of oxime groups is 1. The summed E-state index contributed by atoms with van der Waals surface area (Å²) in [7, 11) is 0. The molecule has 2 unspecified atom stereocenters. The molecule has 0 spiro atoms. The molecule has 2 aliphatic rings. The number of benzene rings is 1. The minimum Gasteiger partial charge on any atom is -0.389 e. The minimum absolute atomic E-state index is 0.121. The fraction of sp³-hybridized carbons (Fsp3) is 0.462. The first-order valence-electron chi connectivity index (χ1n) is 5.81. The molecule has 0 amide bonds. The van der Waals surface area contributed by atoms with E-state index in [2.05, 4.69) is 12.1 Å². The molecule has 0 aromatic heterocycles. The first-order chi connectivity index (χ1) is 8.08. The van der Waals surface area contributed by atoms with Gasteiger partial charge in [0.2, 0.25) is 0 Å². The van der Waals surface area contributed by atoms with Gasteiger partial charge >= 0.3 is 0 Å². The van der Waals surface area contributed by atoms with E-state index >= 15 is 0 Å². The Morgan fingerprint density at radius 3 is 2.71 bits per heavy atom. The summed E-state index contributed by atoms with van der Waals surface area (Å²) in [5.41, 5.74) is 1.86. The van der Waals surface area contributed by atoms with Gasteiger partial charge in [0.25, 0.3) is 0 Å². The van der Waals surface area contributed by atoms with Gasteiger partial charge in [-0.05, 0) is 44.4 Å². The Balaban J connectivity index is 2.00. The second kappa shape index (κ2) is 3.89. The standard InChI is InChI=1S/C13H13Cl2NO/c1-13-4-2-3-11(13)12(16-17-13)8-5-9(14)7-10(15)6-8/h5-7,11H,2-4H2,1H3. The monoisotopic (exact) mass is 269 g/mol. The Bertz CT molecular complexity index is 480. The van der Waals surface area contributed by atoms with Gasteiger partial charge in [-0.3, -0.25) is 0 Å². The maximum absolute atomic E-state index is 6.03. The molecular weight excluding hydrogens is 257 g/mol. The fourth-order valence-corrected chi connectivity index (χ4v) is 3.37. The Kier molecular flexibility index (Phi) is 2.60. The highest BCUT2D eigenvalue weighted by Gasteiger charge is 2.48. The van der Waals surface area contributed by atoms with Gasteiger partial charge in [0.05, 0.1) is 5.71 Å². The molecule has 1 fully saturated rings. The molecule has 0 saturated heterocycles. The van der Waals surface area contributed by atoms with Gasteiger partial charge in [-0.1, -0.05) is 28.4 Å². The van der Waals surface area contributed by atoms with E-state index in [0.29, 0.717) is 16.0 Å². The van der Waals surface area contributed by atoms with Crippen LogP contribution in [0, 0.1) is 5.92 Å². The van der Waals surface area contributed by atoms with E-state index < -0.39 is 0 Å². The fourth-order valence-electron chi connectivity index (χ4n) is 2.84. The quantitative estimate of drug-likeness (QED) is 0.746. The third kappa shape index (κ3) is 1.84. The van der Waals surface area contributed by atoms with E-state index in [1.807, 2.05) is 12.1 Å². The highest BCUT2D eigenvalue weighted by molar-refractivity contribution is 6.35. The molecule has 0 radical (unpaired) electrons. The number of rotatable bonds is 1. The van der Waals surface area contributed by atoms with Gasteiger partial charge in [0.15, 0.2) is 0 Å². The largest absolute Gasteiger partial charge is 0.389 e. The lowest BCUT2D eigenvalue weighted by molar-refractivity contribution is -0.0163. The van der Waals surface area contributed by atoms with Gasteiger partial charge in [-0.25, -0.2) is 0 Å². The molecule has 1 aliphatic carbocycles. The van der Waals surface area contributed by atoms with Crippen molar-refractivity contribution in [2.24, 2.45) is 11.1 Å². The predicted octanol–water partition coefficient (Wildman–Crippen LogP) is 4.29. The smallest absolute Gasteiger partial charge is 0.143 e. The van der Waals surface area contributed by atoms with Crippen LogP contribution in [0.5, 0.6) is 0 Å². The zero-order valence-electron chi connectivity index (χ0n) is 9.54. The molecule has 1 aromatic carbocycles. The first-order valence-corrected chi connectivity index (χ1v) is 6.57. The molecule has 0 bridgehead atoms. The lowest BCUT2D eigenvalue weighted by Crippen LogP contribution is -2.30. The van der Waals surface area contributed by atoms with Crippen molar-refractivity contribution in [1.29, 1.82) is 0 Å². The van der Waals surface area contributed by atoms with Crippen LogP contribution < -0.4 is 0 Å². The number of halogens is 2. The second-order valence-corrected chi connectivity index (χ2v) is 5.86. The first kappa shape index (κ1) is 11.4. The van der Waals surface area contributed by atoms with Crippen molar-refractivity contribution in [3.63, 3.8) is 0 Å². The number of hydrogen-bond donors (Lipinski definition) is 0. The SMILES string of the molecule is CC12CCCC1C(c1cc(Cl)cc(Cl)c1)=NO2. The average Bonchev–Trinajstić information content (AvgIpc) is 2.72. The highest BCUT2D eigenvalue weighted by Crippen LogP contribution is 2.45. The number of hydrogen-bond acceptors (Lipinski definition) is 2. The van der Waals surface area contributed by atoms with Crippen LogP contribution in [-0.4, -0.2) is 11.3 Å². The summed E-state index contributed by atoms with van der Waals surface area (Å²) >= 11 is 12.1. The van der Waals surface area contributed by atoms with E-state index in [0.717, 1.165) is 24.1 Å². The van der Waals surface area contributed by atoms with Crippen LogP contribution in [-0.2, 0) is 4.84 Å². The van der Waals surface area contributed by atoms with Crippen LogP contribution in [0.25, 0.3) is 0 Å². The summed E-state index contributed by atoms with van der Waals surface area (Å²) in [6.45, 7) is 2.13. The molecule has 17 heavy (non-hydrogen) atoms. The molecule has 1 heterocycles. The lowest BCUT2D eigenvalue weighted by atomic mass is 9.86. The molecule has 2 nitrogen and oxygen atoms in total. The number of nitrogens with zero attached hydrogens (tertiary/aromatic N) is 1. The van der Waals surface area contributed by atoms with Crippen molar-refractivity contribution in [1.82, 2.24) is 0 Å². The normalized spacial score (nSPS) is 31.0. The maximum atomic E-state index is 6.03. The van der Waals surface area contributed by atoms with E-state index in [1.54, 1.807) is 6.07 Å². The van der Waals surface area contributed by atoms with Crippen LogP contribution in [0.2, 0.25) is 10.0 Å². The molecule has 3 rings (SSSR count). The number of fused-ring (bicyclic) bond motifs is 1. The van der Waals surface area contributed by atoms with Crippen molar-refractivity contribution in [2.45, 2.75) is 31.8 Å². The molecule has 1 aliphatic heterocycles. The Labute approximate surface area is 111 Å². The Morgan fingerprint density at radius 2 is 2.00 bits per heavy atom. The predicted molar refractivity (Wildman–Crippen MR) is 69.8 cm³/mol. The van der Waals surface area contributed by atoms with Crippen LogP contribution >= 0.6 is 23.2 Å². The highest BCUT2D eigenvalue weighted by atomic mass is 35.5. The van der Waals surface area contributed by atoms with E-state index in [9.17, 15) is 0 Å². The Hall–Kier alpha value is -0.730. The van der Waals surface area contributed by atoms with Gasteiger partial charge < -0.3 is 4.84 Å². The van der Waals surface area contributed by atoms with Crippen molar-refractivity contribution in [2.75, 3.05) is 0 Å². The van der Waals surface area contributed by atoms with E-state index in [1.165, 1.54) is 6.42 Å². The summed E-state index contributed by atoms with van der Waals surface area (Å²) < 4.78 is 0. The zero-order chi connectivity index (χ0) is 12.0.